The first-order valence-corrected chi connectivity index (χ1v) is 5.06. The average molecular weight is 198 g/mol. The highest BCUT2D eigenvalue weighted by Crippen LogP contribution is 2.16. The van der Waals surface area contributed by atoms with Crippen LogP contribution in [0.4, 0.5) is 5.69 Å². The van der Waals surface area contributed by atoms with Gasteiger partial charge in [-0.25, -0.2) is 0 Å². The minimum Gasteiger partial charge on any atom is -0.372 e. The molecular weight excluding hydrogens is 182 g/mol. The first kappa shape index (κ1) is 10.4. The third kappa shape index (κ3) is 2.63. The van der Waals surface area contributed by atoms with Gasteiger partial charge in [-0.2, -0.15) is 0 Å². The maximum absolute atomic E-state index is 5.71. The molecule has 1 aromatic rings. The molecule has 0 aliphatic heterocycles. The van der Waals surface area contributed by atoms with Crippen molar-refractivity contribution in [1.82, 2.24) is 0 Å². The summed E-state index contributed by atoms with van der Waals surface area (Å²) in [6.07, 6.45) is 0. The second kappa shape index (κ2) is 4.52. The van der Waals surface area contributed by atoms with E-state index in [0.717, 1.165) is 0 Å². The summed E-state index contributed by atoms with van der Waals surface area (Å²) in [4.78, 5) is 2.23. The molecule has 0 bridgehead atoms. The Hall–Kier alpha value is -0.690. The summed E-state index contributed by atoms with van der Waals surface area (Å²) in [5.74, 6) is 0.589. The van der Waals surface area contributed by atoms with Crippen LogP contribution in [-0.4, -0.2) is 13.1 Å². The maximum atomic E-state index is 5.71. The van der Waals surface area contributed by atoms with Crippen molar-refractivity contribution in [1.29, 1.82) is 0 Å². The largest absolute Gasteiger partial charge is 0.372 e. The van der Waals surface area contributed by atoms with Gasteiger partial charge >= 0.3 is 0 Å². The number of benzene rings is 1. The Morgan fingerprint density at radius 2 is 1.77 bits per heavy atom. The first-order chi connectivity index (χ1) is 6.15. The Morgan fingerprint density at radius 1 is 1.23 bits per heavy atom. The molecule has 0 N–H and O–H groups in total. The minimum atomic E-state index is 0.529. The van der Waals surface area contributed by atoms with Gasteiger partial charge in [0.25, 0.3) is 0 Å². The molecule has 13 heavy (non-hydrogen) atoms. The highest BCUT2D eigenvalue weighted by atomic mass is 35.5. The fraction of sp³-hybridized carbons (Fsp3) is 0.455. The van der Waals surface area contributed by atoms with Crippen LogP contribution in [0.2, 0.25) is 0 Å². The second-order valence-corrected chi connectivity index (χ2v) is 3.77. The normalized spacial score (nSPS) is 10.5. The summed E-state index contributed by atoms with van der Waals surface area (Å²) in [6.45, 7) is 4.35. The molecule has 0 aliphatic carbocycles. The quantitative estimate of drug-likeness (QED) is 0.673. The molecule has 0 atom stereocenters. The summed E-state index contributed by atoms with van der Waals surface area (Å²) in [5, 5.41) is 0. The molecule has 0 radical (unpaired) electrons. The lowest BCUT2D eigenvalue weighted by Crippen LogP contribution is -2.25. The van der Waals surface area contributed by atoms with Gasteiger partial charge in [0.05, 0.1) is 0 Å². The topological polar surface area (TPSA) is 3.24 Å². The molecular formula is C11H16ClN. The van der Waals surface area contributed by atoms with E-state index in [9.17, 15) is 0 Å². The van der Waals surface area contributed by atoms with Gasteiger partial charge in [0, 0.05) is 24.7 Å². The molecule has 0 fully saturated rings. The molecule has 1 aromatic carbocycles. The number of hydrogen-bond donors (Lipinski definition) is 0. The van der Waals surface area contributed by atoms with Crippen molar-refractivity contribution in [2.45, 2.75) is 25.8 Å². The van der Waals surface area contributed by atoms with E-state index < -0.39 is 0 Å². The Morgan fingerprint density at radius 3 is 2.15 bits per heavy atom. The van der Waals surface area contributed by atoms with Crippen LogP contribution >= 0.6 is 11.6 Å². The highest BCUT2D eigenvalue weighted by Gasteiger charge is 2.03. The molecule has 1 rings (SSSR count). The fourth-order valence-corrected chi connectivity index (χ4v) is 1.30. The average Bonchev–Trinajstić information content (AvgIpc) is 2.17. The summed E-state index contributed by atoms with van der Waals surface area (Å²) in [5.41, 5.74) is 2.41. The van der Waals surface area contributed by atoms with Crippen molar-refractivity contribution in [3.8, 4) is 0 Å². The van der Waals surface area contributed by atoms with E-state index in [1.54, 1.807) is 0 Å². The van der Waals surface area contributed by atoms with Gasteiger partial charge in [-0.05, 0) is 31.5 Å². The summed E-state index contributed by atoms with van der Waals surface area (Å²) in [6, 6.07) is 8.89. The van der Waals surface area contributed by atoms with Crippen molar-refractivity contribution in [3.05, 3.63) is 29.8 Å². The number of halogens is 1. The van der Waals surface area contributed by atoms with Crippen LogP contribution in [0.1, 0.15) is 19.4 Å². The molecule has 0 aliphatic rings. The third-order valence-electron chi connectivity index (χ3n) is 2.27. The molecule has 0 saturated carbocycles. The zero-order chi connectivity index (χ0) is 9.84. The van der Waals surface area contributed by atoms with E-state index >= 15 is 0 Å². The van der Waals surface area contributed by atoms with Crippen molar-refractivity contribution < 1.29 is 0 Å². The predicted octanol–water partition coefficient (Wildman–Crippen LogP) is 3.27. The lowest BCUT2D eigenvalue weighted by Gasteiger charge is -2.23. The lowest BCUT2D eigenvalue weighted by atomic mass is 10.2. The van der Waals surface area contributed by atoms with Gasteiger partial charge in [-0.15, -0.1) is 11.6 Å². The zero-order valence-electron chi connectivity index (χ0n) is 8.42. The van der Waals surface area contributed by atoms with E-state index in [1.165, 1.54) is 11.3 Å². The van der Waals surface area contributed by atoms with Crippen molar-refractivity contribution in [3.63, 3.8) is 0 Å². The smallest absolute Gasteiger partial charge is 0.0474 e. The Balaban J connectivity index is 2.79. The molecule has 0 amide bonds. The third-order valence-corrected chi connectivity index (χ3v) is 2.58. The zero-order valence-corrected chi connectivity index (χ0v) is 9.17. The van der Waals surface area contributed by atoms with Crippen LogP contribution in [0.5, 0.6) is 0 Å². The summed E-state index contributed by atoms with van der Waals surface area (Å²) in [7, 11) is 2.10. The van der Waals surface area contributed by atoms with Gasteiger partial charge in [0.2, 0.25) is 0 Å². The molecule has 0 saturated heterocycles. The van der Waals surface area contributed by atoms with Crippen LogP contribution < -0.4 is 4.90 Å². The van der Waals surface area contributed by atoms with Gasteiger partial charge in [0.15, 0.2) is 0 Å². The molecule has 0 unspecified atom stereocenters. The van der Waals surface area contributed by atoms with Crippen molar-refractivity contribution in [2.24, 2.45) is 0 Å². The van der Waals surface area contributed by atoms with E-state index in [2.05, 4.69) is 50.1 Å². The Labute approximate surface area is 85.3 Å². The number of hydrogen-bond acceptors (Lipinski definition) is 1. The minimum absolute atomic E-state index is 0.529. The second-order valence-electron chi connectivity index (χ2n) is 3.50. The van der Waals surface area contributed by atoms with E-state index in [0.29, 0.717) is 11.9 Å². The summed E-state index contributed by atoms with van der Waals surface area (Å²) < 4.78 is 0. The summed E-state index contributed by atoms with van der Waals surface area (Å²) >= 11 is 5.71. The molecule has 0 spiro atoms. The molecule has 72 valence electrons. The van der Waals surface area contributed by atoms with Crippen LogP contribution in [0.3, 0.4) is 0 Å². The predicted molar refractivity (Wildman–Crippen MR) is 59.5 cm³/mol. The van der Waals surface area contributed by atoms with Gasteiger partial charge in [-0.1, -0.05) is 12.1 Å². The van der Waals surface area contributed by atoms with Gasteiger partial charge in [-0.3, -0.25) is 0 Å². The number of anilines is 1. The molecule has 0 aromatic heterocycles. The van der Waals surface area contributed by atoms with Crippen LogP contribution in [-0.2, 0) is 5.88 Å². The lowest BCUT2D eigenvalue weighted by molar-refractivity contribution is 0.754. The molecule has 2 heteroatoms. The van der Waals surface area contributed by atoms with Crippen LogP contribution in [0.25, 0.3) is 0 Å². The maximum Gasteiger partial charge on any atom is 0.0474 e. The number of alkyl halides is 1. The molecule has 1 nitrogen and oxygen atoms in total. The number of nitrogens with zero attached hydrogens (tertiary/aromatic N) is 1. The van der Waals surface area contributed by atoms with Crippen molar-refractivity contribution in [2.75, 3.05) is 11.9 Å². The monoisotopic (exact) mass is 197 g/mol. The van der Waals surface area contributed by atoms with Gasteiger partial charge < -0.3 is 4.90 Å². The van der Waals surface area contributed by atoms with E-state index in [4.69, 9.17) is 11.6 Å². The Bertz CT molecular complexity index is 253. The van der Waals surface area contributed by atoms with E-state index in [-0.39, 0.29) is 0 Å². The Kier molecular flexibility index (Phi) is 3.61. The fourth-order valence-electron chi connectivity index (χ4n) is 1.12. The standard InChI is InChI=1S/C11H16ClN/c1-9(2)13(3)11-6-4-10(8-12)5-7-11/h4-7,9H,8H2,1-3H3. The van der Waals surface area contributed by atoms with Gasteiger partial charge in [0.1, 0.15) is 0 Å². The number of rotatable bonds is 3. The SMILES string of the molecule is CC(C)N(C)c1ccc(CCl)cc1. The van der Waals surface area contributed by atoms with E-state index in [1.807, 2.05) is 0 Å². The first-order valence-electron chi connectivity index (χ1n) is 4.53. The molecule has 0 heterocycles. The van der Waals surface area contributed by atoms with Crippen LogP contribution in [0, 0.1) is 0 Å². The van der Waals surface area contributed by atoms with Crippen molar-refractivity contribution >= 4 is 17.3 Å². The van der Waals surface area contributed by atoms with Crippen LogP contribution in [0.15, 0.2) is 24.3 Å². The highest BCUT2D eigenvalue weighted by molar-refractivity contribution is 6.17.